The minimum atomic E-state index is -0.446. The lowest BCUT2D eigenvalue weighted by molar-refractivity contribution is 0.595. The zero-order chi connectivity index (χ0) is 11.0. The standard InChI is InChI=1S/C10H7F2NS2/c1-5-2-8(12)6(3-7(5)11)9-4-15-10(14)13-9/h2-4H,1H3,(H,13,14). The molecular weight excluding hydrogens is 236 g/mol. The minimum Gasteiger partial charge on any atom is -0.337 e. The van der Waals surface area contributed by atoms with Crippen molar-refractivity contribution in [1.82, 2.24) is 4.98 Å². The summed E-state index contributed by atoms with van der Waals surface area (Å²) in [5.74, 6) is -0.866. The Kier molecular flexibility index (Phi) is 2.67. The summed E-state index contributed by atoms with van der Waals surface area (Å²) in [6.45, 7) is 1.53. The topological polar surface area (TPSA) is 15.8 Å². The Labute approximate surface area is 94.4 Å². The van der Waals surface area contributed by atoms with Gasteiger partial charge in [0.2, 0.25) is 0 Å². The van der Waals surface area contributed by atoms with Crippen molar-refractivity contribution in [3.05, 3.63) is 38.7 Å². The molecule has 0 aliphatic carbocycles. The minimum absolute atomic E-state index is 0.213. The van der Waals surface area contributed by atoms with Crippen LogP contribution in [0.1, 0.15) is 5.56 Å². The maximum atomic E-state index is 13.5. The molecule has 15 heavy (non-hydrogen) atoms. The predicted octanol–water partition coefficient (Wildman–Crippen LogP) is 4.06. The Hall–Kier alpha value is -1.07. The van der Waals surface area contributed by atoms with Crippen LogP contribution in [-0.2, 0) is 0 Å². The molecule has 2 rings (SSSR count). The lowest BCUT2D eigenvalue weighted by Gasteiger charge is -2.02. The van der Waals surface area contributed by atoms with Crippen molar-refractivity contribution < 1.29 is 8.78 Å². The number of rotatable bonds is 1. The van der Waals surface area contributed by atoms with Gasteiger partial charge in [-0.2, -0.15) is 0 Å². The van der Waals surface area contributed by atoms with E-state index in [-0.39, 0.29) is 5.56 Å². The Bertz CT molecular complexity index is 557. The number of aromatic amines is 1. The van der Waals surface area contributed by atoms with Crippen molar-refractivity contribution in [2.75, 3.05) is 0 Å². The van der Waals surface area contributed by atoms with Crippen LogP contribution in [-0.4, -0.2) is 4.98 Å². The largest absolute Gasteiger partial charge is 0.337 e. The normalized spacial score (nSPS) is 10.6. The van der Waals surface area contributed by atoms with E-state index in [0.717, 1.165) is 0 Å². The maximum absolute atomic E-state index is 13.5. The molecule has 0 spiro atoms. The van der Waals surface area contributed by atoms with Crippen LogP contribution in [0.4, 0.5) is 8.78 Å². The third-order valence-electron chi connectivity index (χ3n) is 2.06. The summed E-state index contributed by atoms with van der Waals surface area (Å²) < 4.78 is 27.3. The van der Waals surface area contributed by atoms with Crippen LogP contribution in [0.3, 0.4) is 0 Å². The van der Waals surface area contributed by atoms with E-state index >= 15 is 0 Å². The van der Waals surface area contributed by atoms with Crippen LogP contribution in [0.15, 0.2) is 17.5 Å². The van der Waals surface area contributed by atoms with Crippen LogP contribution < -0.4 is 0 Å². The van der Waals surface area contributed by atoms with Gasteiger partial charge in [-0.25, -0.2) is 8.78 Å². The first kappa shape index (κ1) is 10.4. The third-order valence-corrected chi connectivity index (χ3v) is 3.12. The summed E-state index contributed by atoms with van der Waals surface area (Å²) in [5.41, 5.74) is 1.02. The highest BCUT2D eigenvalue weighted by Gasteiger charge is 2.10. The fourth-order valence-corrected chi connectivity index (χ4v) is 2.10. The monoisotopic (exact) mass is 243 g/mol. The second kappa shape index (κ2) is 3.83. The highest BCUT2D eigenvalue weighted by molar-refractivity contribution is 7.73. The highest BCUT2D eigenvalue weighted by Crippen LogP contribution is 2.25. The number of benzene rings is 1. The van der Waals surface area contributed by atoms with Gasteiger partial charge in [-0.3, -0.25) is 0 Å². The van der Waals surface area contributed by atoms with Crippen molar-refractivity contribution in [3.63, 3.8) is 0 Å². The number of nitrogens with one attached hydrogen (secondary N) is 1. The van der Waals surface area contributed by atoms with Gasteiger partial charge in [-0.05, 0) is 36.8 Å². The molecule has 0 atom stereocenters. The van der Waals surface area contributed by atoms with Gasteiger partial charge in [0.05, 0.1) is 5.69 Å². The number of hydrogen-bond acceptors (Lipinski definition) is 2. The smallest absolute Gasteiger partial charge is 0.158 e. The molecular formula is C10H7F2NS2. The molecule has 0 saturated heterocycles. The first-order chi connectivity index (χ1) is 7.08. The van der Waals surface area contributed by atoms with Crippen LogP contribution in [0, 0.1) is 22.5 Å². The highest BCUT2D eigenvalue weighted by atomic mass is 32.1. The van der Waals surface area contributed by atoms with E-state index < -0.39 is 11.6 Å². The number of halogens is 2. The average Bonchev–Trinajstić information content (AvgIpc) is 2.58. The van der Waals surface area contributed by atoms with Gasteiger partial charge >= 0.3 is 0 Å². The van der Waals surface area contributed by atoms with Crippen molar-refractivity contribution in [2.45, 2.75) is 6.92 Å². The van der Waals surface area contributed by atoms with Gasteiger partial charge in [-0.15, -0.1) is 11.3 Å². The van der Waals surface area contributed by atoms with Crippen molar-refractivity contribution in [2.24, 2.45) is 0 Å². The molecule has 1 aromatic carbocycles. The van der Waals surface area contributed by atoms with Gasteiger partial charge in [0, 0.05) is 10.9 Å². The summed E-state index contributed by atoms with van der Waals surface area (Å²) in [6, 6.07) is 2.36. The zero-order valence-corrected chi connectivity index (χ0v) is 9.44. The van der Waals surface area contributed by atoms with E-state index in [0.29, 0.717) is 15.2 Å². The molecule has 0 radical (unpaired) electrons. The Morgan fingerprint density at radius 1 is 1.27 bits per heavy atom. The maximum Gasteiger partial charge on any atom is 0.158 e. The summed E-state index contributed by atoms with van der Waals surface area (Å²) in [4.78, 5) is 2.81. The van der Waals surface area contributed by atoms with E-state index in [1.54, 1.807) is 5.38 Å². The number of aryl methyl sites for hydroxylation is 1. The first-order valence-electron chi connectivity index (χ1n) is 4.22. The quantitative estimate of drug-likeness (QED) is 0.747. The van der Waals surface area contributed by atoms with Gasteiger partial charge in [0.15, 0.2) is 3.95 Å². The zero-order valence-electron chi connectivity index (χ0n) is 7.80. The van der Waals surface area contributed by atoms with E-state index in [1.807, 2.05) is 0 Å². The molecule has 1 aromatic heterocycles. The number of aromatic nitrogens is 1. The third kappa shape index (κ3) is 1.98. The predicted molar refractivity (Wildman–Crippen MR) is 59.6 cm³/mol. The fourth-order valence-electron chi connectivity index (χ4n) is 1.26. The van der Waals surface area contributed by atoms with Crippen LogP contribution >= 0.6 is 23.6 Å². The fraction of sp³-hybridized carbons (Fsp3) is 0.100. The number of H-pyrrole nitrogens is 1. The molecule has 0 aliphatic rings. The Balaban J connectivity index is 2.63. The van der Waals surface area contributed by atoms with E-state index in [1.165, 1.54) is 30.4 Å². The molecule has 1 heterocycles. The van der Waals surface area contributed by atoms with E-state index in [4.69, 9.17) is 12.2 Å². The Morgan fingerprint density at radius 2 is 2.00 bits per heavy atom. The summed E-state index contributed by atoms with van der Waals surface area (Å²) >= 11 is 6.17. The summed E-state index contributed by atoms with van der Waals surface area (Å²) in [7, 11) is 0. The molecule has 0 saturated carbocycles. The van der Waals surface area contributed by atoms with E-state index in [2.05, 4.69) is 4.98 Å². The SMILES string of the molecule is Cc1cc(F)c(-c2csc(=S)[nH]2)cc1F. The van der Waals surface area contributed by atoms with Gasteiger partial charge in [0.25, 0.3) is 0 Å². The number of thiazole rings is 1. The van der Waals surface area contributed by atoms with E-state index in [9.17, 15) is 8.78 Å². The molecule has 0 aliphatic heterocycles. The molecule has 1 nitrogen and oxygen atoms in total. The molecule has 1 N–H and O–H groups in total. The molecule has 0 fully saturated rings. The molecule has 78 valence electrons. The first-order valence-corrected chi connectivity index (χ1v) is 5.50. The molecule has 5 heteroatoms. The van der Waals surface area contributed by atoms with Gasteiger partial charge in [-0.1, -0.05) is 0 Å². The molecule has 0 unspecified atom stereocenters. The lowest BCUT2D eigenvalue weighted by Crippen LogP contribution is -1.90. The van der Waals surface area contributed by atoms with Crippen LogP contribution in [0.2, 0.25) is 0 Å². The molecule has 0 bridgehead atoms. The molecule has 0 amide bonds. The number of hydrogen-bond donors (Lipinski definition) is 1. The second-order valence-corrected chi connectivity index (χ2v) is 4.69. The van der Waals surface area contributed by atoms with Crippen molar-refractivity contribution >= 4 is 23.6 Å². The molecule has 2 aromatic rings. The summed E-state index contributed by atoms with van der Waals surface area (Å²) in [5, 5.41) is 1.68. The van der Waals surface area contributed by atoms with Crippen LogP contribution in [0.5, 0.6) is 0 Å². The van der Waals surface area contributed by atoms with Gasteiger partial charge in [0.1, 0.15) is 11.6 Å². The van der Waals surface area contributed by atoms with Gasteiger partial charge < -0.3 is 4.98 Å². The van der Waals surface area contributed by atoms with Crippen molar-refractivity contribution in [1.29, 1.82) is 0 Å². The second-order valence-electron chi connectivity index (χ2n) is 3.14. The van der Waals surface area contributed by atoms with Crippen LogP contribution in [0.25, 0.3) is 11.3 Å². The lowest BCUT2D eigenvalue weighted by atomic mass is 10.1. The average molecular weight is 243 g/mol. The summed E-state index contributed by atoms with van der Waals surface area (Å²) in [6.07, 6.45) is 0. The van der Waals surface area contributed by atoms with Crippen molar-refractivity contribution in [3.8, 4) is 11.3 Å². The Morgan fingerprint density at radius 3 is 2.60 bits per heavy atom.